The summed E-state index contributed by atoms with van der Waals surface area (Å²) < 4.78 is 0. The lowest BCUT2D eigenvalue weighted by Crippen LogP contribution is -2.21. The summed E-state index contributed by atoms with van der Waals surface area (Å²) in [5, 5.41) is 5.33. The van der Waals surface area contributed by atoms with E-state index in [1.807, 2.05) is 84.9 Å². The maximum Gasteiger partial charge on any atom is 0.272 e. The summed E-state index contributed by atoms with van der Waals surface area (Å²) in [5.74, 6) is 0.176. The topological polar surface area (TPSA) is 54.4 Å². The average Bonchev–Trinajstić information content (AvgIpc) is 2.81. The molecule has 1 amide bonds. The van der Waals surface area contributed by atoms with Crippen LogP contribution in [-0.4, -0.2) is 16.6 Å². The maximum atomic E-state index is 13.3. The molecule has 4 nitrogen and oxygen atoms in total. The second kappa shape index (κ2) is 9.56. The van der Waals surface area contributed by atoms with Crippen LogP contribution in [0, 0.1) is 12.8 Å². The summed E-state index contributed by atoms with van der Waals surface area (Å²) in [5.41, 5.74) is 8.95. The van der Waals surface area contributed by atoms with Gasteiger partial charge < -0.3 is 0 Å². The largest absolute Gasteiger partial charge is 0.272 e. The Kier molecular flexibility index (Phi) is 6.41. The molecule has 0 saturated carbocycles. The second-order valence-corrected chi connectivity index (χ2v) is 8.40. The molecule has 1 N–H and O–H groups in total. The molecule has 3 aromatic carbocycles. The number of para-hydroxylation sites is 1. The van der Waals surface area contributed by atoms with Gasteiger partial charge >= 0.3 is 0 Å². The summed E-state index contributed by atoms with van der Waals surface area (Å²) in [6.07, 6.45) is 0.774. The zero-order valence-electron chi connectivity index (χ0n) is 18.7. The first kappa shape index (κ1) is 21.4. The van der Waals surface area contributed by atoms with Crippen LogP contribution >= 0.6 is 0 Å². The third kappa shape index (κ3) is 4.92. The highest BCUT2D eigenvalue weighted by molar-refractivity contribution is 6.08. The number of nitrogens with zero attached hydrogens (tertiary/aromatic N) is 2. The summed E-state index contributed by atoms with van der Waals surface area (Å²) >= 11 is 0. The van der Waals surface area contributed by atoms with E-state index < -0.39 is 0 Å². The predicted octanol–water partition coefficient (Wildman–Crippen LogP) is 6.39. The molecule has 0 saturated heterocycles. The van der Waals surface area contributed by atoms with E-state index in [1.54, 1.807) is 0 Å². The van der Waals surface area contributed by atoms with Crippen LogP contribution in [0.15, 0.2) is 90.0 Å². The molecule has 0 fully saturated rings. The molecular weight excluding hydrogens is 394 g/mol. The van der Waals surface area contributed by atoms with Gasteiger partial charge in [-0.1, -0.05) is 92.2 Å². The van der Waals surface area contributed by atoms with Crippen molar-refractivity contribution in [2.45, 2.75) is 27.2 Å². The van der Waals surface area contributed by atoms with Crippen molar-refractivity contribution in [2.75, 3.05) is 0 Å². The standard InChI is InChI=1S/C28H27N3O/c1-19(2)17-27(21-9-5-4-6-10-21)30-31-28(32)24-18-26(22-15-13-20(3)14-16-22)29-25-12-8-7-11-23(24)25/h4-16,18-19H,17H2,1-3H3,(H,31,32). The van der Waals surface area contributed by atoms with Gasteiger partial charge in [-0.05, 0) is 37.0 Å². The number of rotatable bonds is 6. The van der Waals surface area contributed by atoms with Gasteiger partial charge in [0, 0.05) is 10.9 Å². The van der Waals surface area contributed by atoms with E-state index in [4.69, 9.17) is 4.98 Å². The van der Waals surface area contributed by atoms with Gasteiger partial charge in [-0.3, -0.25) is 4.79 Å². The van der Waals surface area contributed by atoms with Crippen molar-refractivity contribution in [1.82, 2.24) is 10.4 Å². The third-order valence-electron chi connectivity index (χ3n) is 5.31. The molecule has 4 rings (SSSR count). The summed E-state index contributed by atoms with van der Waals surface area (Å²) in [6, 6.07) is 27.7. The number of nitrogens with one attached hydrogen (secondary N) is 1. The Hall–Kier alpha value is -3.79. The number of amides is 1. The van der Waals surface area contributed by atoms with Gasteiger partial charge in [0.2, 0.25) is 0 Å². The van der Waals surface area contributed by atoms with Crippen LogP contribution in [-0.2, 0) is 0 Å². The Bertz CT molecular complexity index is 1260. The fraction of sp³-hybridized carbons (Fsp3) is 0.179. The normalized spacial score (nSPS) is 11.7. The molecule has 0 aliphatic rings. The lowest BCUT2D eigenvalue weighted by molar-refractivity contribution is 0.0956. The SMILES string of the molecule is Cc1ccc(-c2cc(C(=O)NN=C(CC(C)C)c3ccccc3)c3ccccc3n2)cc1. The van der Waals surface area contributed by atoms with Crippen molar-refractivity contribution >= 4 is 22.5 Å². The first-order chi connectivity index (χ1) is 15.5. The van der Waals surface area contributed by atoms with E-state index in [2.05, 4.69) is 31.3 Å². The molecule has 1 heterocycles. The van der Waals surface area contributed by atoms with Crippen LogP contribution in [0.5, 0.6) is 0 Å². The number of carbonyl (C=O) groups is 1. The van der Waals surface area contributed by atoms with Crippen molar-refractivity contribution in [3.05, 3.63) is 102 Å². The molecule has 0 aliphatic carbocycles. The van der Waals surface area contributed by atoms with Crippen LogP contribution in [0.3, 0.4) is 0 Å². The van der Waals surface area contributed by atoms with Gasteiger partial charge in [0.15, 0.2) is 0 Å². The van der Waals surface area contributed by atoms with E-state index in [-0.39, 0.29) is 5.91 Å². The van der Waals surface area contributed by atoms with Crippen LogP contribution in [0.2, 0.25) is 0 Å². The number of pyridine rings is 1. The molecule has 0 atom stereocenters. The number of fused-ring (bicyclic) bond motifs is 1. The first-order valence-electron chi connectivity index (χ1n) is 10.9. The number of benzene rings is 3. The van der Waals surface area contributed by atoms with Crippen molar-refractivity contribution in [3.8, 4) is 11.3 Å². The average molecular weight is 422 g/mol. The zero-order valence-corrected chi connectivity index (χ0v) is 18.7. The van der Waals surface area contributed by atoms with Gasteiger partial charge in [0.25, 0.3) is 5.91 Å². The van der Waals surface area contributed by atoms with Crippen molar-refractivity contribution < 1.29 is 4.79 Å². The first-order valence-corrected chi connectivity index (χ1v) is 10.9. The van der Waals surface area contributed by atoms with Crippen molar-refractivity contribution in [3.63, 3.8) is 0 Å². The molecule has 4 heteroatoms. The van der Waals surface area contributed by atoms with Crippen molar-refractivity contribution in [1.29, 1.82) is 0 Å². The minimum absolute atomic E-state index is 0.242. The highest BCUT2D eigenvalue weighted by atomic mass is 16.2. The number of hydrogen-bond donors (Lipinski definition) is 1. The highest BCUT2D eigenvalue weighted by Gasteiger charge is 2.15. The summed E-state index contributed by atoms with van der Waals surface area (Å²) in [6.45, 7) is 6.34. The lowest BCUT2D eigenvalue weighted by atomic mass is 10.0. The Labute approximate surface area is 189 Å². The quantitative estimate of drug-likeness (QED) is 0.290. The van der Waals surface area contributed by atoms with Gasteiger partial charge in [0.1, 0.15) is 0 Å². The predicted molar refractivity (Wildman–Crippen MR) is 132 cm³/mol. The van der Waals surface area contributed by atoms with Crippen LogP contribution in [0.1, 0.15) is 41.8 Å². The molecule has 32 heavy (non-hydrogen) atoms. The lowest BCUT2D eigenvalue weighted by Gasteiger charge is -2.12. The smallest absolute Gasteiger partial charge is 0.267 e. The van der Waals surface area contributed by atoms with Crippen LogP contribution in [0.25, 0.3) is 22.2 Å². The minimum atomic E-state index is -0.242. The summed E-state index contributed by atoms with van der Waals surface area (Å²) in [7, 11) is 0. The molecule has 0 bridgehead atoms. The second-order valence-electron chi connectivity index (χ2n) is 8.40. The Morgan fingerprint density at radius 1 is 0.938 bits per heavy atom. The van der Waals surface area contributed by atoms with Gasteiger partial charge in [0.05, 0.1) is 22.5 Å². The van der Waals surface area contributed by atoms with E-state index >= 15 is 0 Å². The zero-order chi connectivity index (χ0) is 22.5. The fourth-order valence-corrected chi connectivity index (χ4v) is 3.66. The molecule has 160 valence electrons. The number of carbonyl (C=O) groups excluding carboxylic acids is 1. The molecule has 0 spiro atoms. The minimum Gasteiger partial charge on any atom is -0.267 e. The van der Waals surface area contributed by atoms with E-state index in [0.29, 0.717) is 11.5 Å². The Balaban J connectivity index is 1.72. The number of hydrogen-bond acceptors (Lipinski definition) is 3. The van der Waals surface area contributed by atoms with E-state index in [0.717, 1.165) is 39.9 Å². The van der Waals surface area contributed by atoms with Crippen molar-refractivity contribution in [2.24, 2.45) is 11.0 Å². The molecular formula is C28H27N3O. The Morgan fingerprint density at radius 3 is 2.34 bits per heavy atom. The fourth-order valence-electron chi connectivity index (χ4n) is 3.66. The molecule has 0 aliphatic heterocycles. The third-order valence-corrected chi connectivity index (χ3v) is 5.31. The van der Waals surface area contributed by atoms with Crippen LogP contribution in [0.4, 0.5) is 0 Å². The molecule has 4 aromatic rings. The highest BCUT2D eigenvalue weighted by Crippen LogP contribution is 2.25. The van der Waals surface area contributed by atoms with E-state index in [9.17, 15) is 4.79 Å². The maximum absolute atomic E-state index is 13.3. The van der Waals surface area contributed by atoms with Gasteiger partial charge in [-0.2, -0.15) is 5.10 Å². The van der Waals surface area contributed by atoms with E-state index in [1.165, 1.54) is 5.56 Å². The molecule has 1 aromatic heterocycles. The monoisotopic (exact) mass is 421 g/mol. The molecule has 0 unspecified atom stereocenters. The summed E-state index contributed by atoms with van der Waals surface area (Å²) in [4.78, 5) is 18.1. The van der Waals surface area contributed by atoms with Gasteiger partial charge in [-0.25, -0.2) is 10.4 Å². The Morgan fingerprint density at radius 2 is 1.62 bits per heavy atom. The number of aryl methyl sites for hydroxylation is 1. The molecule has 0 radical (unpaired) electrons. The number of hydrazone groups is 1. The van der Waals surface area contributed by atoms with Crippen LogP contribution < -0.4 is 5.43 Å². The van der Waals surface area contributed by atoms with Gasteiger partial charge in [-0.15, -0.1) is 0 Å². The number of aromatic nitrogens is 1.